The maximum atomic E-state index is 12.0. The summed E-state index contributed by atoms with van der Waals surface area (Å²) in [6, 6.07) is 0. The first-order chi connectivity index (χ1) is 10.4. The van der Waals surface area contributed by atoms with Crippen LogP contribution in [-0.2, 0) is 4.79 Å². The summed E-state index contributed by atoms with van der Waals surface area (Å²) in [5, 5.41) is 3.01. The van der Waals surface area contributed by atoms with E-state index in [1.807, 2.05) is 20.8 Å². The van der Waals surface area contributed by atoms with Gasteiger partial charge in [-0.25, -0.2) is 4.98 Å². The lowest BCUT2D eigenvalue weighted by atomic mass is 9.99. The number of rotatable bonds is 5. The van der Waals surface area contributed by atoms with Crippen molar-refractivity contribution in [2.75, 3.05) is 26.2 Å². The van der Waals surface area contributed by atoms with Crippen LogP contribution >= 0.6 is 0 Å². The van der Waals surface area contributed by atoms with Gasteiger partial charge in [-0.15, -0.1) is 0 Å². The fourth-order valence-electron chi connectivity index (χ4n) is 2.65. The zero-order valence-corrected chi connectivity index (χ0v) is 13.7. The van der Waals surface area contributed by atoms with Gasteiger partial charge >= 0.3 is 0 Å². The van der Waals surface area contributed by atoms with Gasteiger partial charge < -0.3 is 10.1 Å². The van der Waals surface area contributed by atoms with Crippen LogP contribution in [0.25, 0.3) is 0 Å². The van der Waals surface area contributed by atoms with Crippen LogP contribution in [-0.4, -0.2) is 52.6 Å². The SMILES string of the molecule is CC(C)(C)NC(=O)CN1CCCC(COc2cnccn2)C1. The van der Waals surface area contributed by atoms with Crippen LogP contribution in [0.1, 0.15) is 33.6 Å². The van der Waals surface area contributed by atoms with Gasteiger partial charge in [0.05, 0.1) is 19.3 Å². The second-order valence-electron chi connectivity index (χ2n) is 6.90. The molecule has 2 heterocycles. The first kappa shape index (κ1) is 16.7. The molecule has 1 aromatic rings. The number of carbonyl (C=O) groups excluding carboxylic acids is 1. The van der Waals surface area contributed by atoms with Crippen LogP contribution in [0.5, 0.6) is 5.88 Å². The predicted octanol–water partition coefficient (Wildman–Crippen LogP) is 1.48. The van der Waals surface area contributed by atoms with Gasteiger partial charge in [0.15, 0.2) is 0 Å². The zero-order chi connectivity index (χ0) is 16.0. The fourth-order valence-corrected chi connectivity index (χ4v) is 2.65. The Morgan fingerprint density at radius 3 is 2.95 bits per heavy atom. The van der Waals surface area contributed by atoms with Crippen LogP contribution in [0.15, 0.2) is 18.6 Å². The monoisotopic (exact) mass is 306 g/mol. The number of nitrogens with zero attached hydrogens (tertiary/aromatic N) is 3. The third-order valence-electron chi connectivity index (χ3n) is 3.49. The predicted molar refractivity (Wildman–Crippen MR) is 84.6 cm³/mol. The smallest absolute Gasteiger partial charge is 0.234 e. The standard InChI is InChI=1S/C16H26N4O2/c1-16(2,3)19-14(21)11-20-8-4-5-13(10-20)12-22-15-9-17-6-7-18-15/h6-7,9,13H,4-5,8,10-12H2,1-3H3,(H,19,21). The molecule has 0 aromatic carbocycles. The molecule has 0 saturated carbocycles. The average molecular weight is 306 g/mol. The molecule has 1 saturated heterocycles. The summed E-state index contributed by atoms with van der Waals surface area (Å²) >= 11 is 0. The van der Waals surface area contributed by atoms with Crippen LogP contribution in [0.4, 0.5) is 0 Å². The number of nitrogens with one attached hydrogen (secondary N) is 1. The van der Waals surface area contributed by atoms with E-state index in [0.29, 0.717) is 24.9 Å². The highest BCUT2D eigenvalue weighted by molar-refractivity contribution is 5.78. The summed E-state index contributed by atoms with van der Waals surface area (Å²) in [5.74, 6) is 1.08. The van der Waals surface area contributed by atoms with E-state index in [4.69, 9.17) is 4.74 Å². The molecule has 1 atom stereocenters. The maximum Gasteiger partial charge on any atom is 0.234 e. The molecular weight excluding hydrogens is 280 g/mol. The van der Waals surface area contributed by atoms with E-state index < -0.39 is 0 Å². The maximum absolute atomic E-state index is 12.0. The molecule has 22 heavy (non-hydrogen) atoms. The van der Waals surface area contributed by atoms with Crippen molar-refractivity contribution in [3.05, 3.63) is 18.6 Å². The summed E-state index contributed by atoms with van der Waals surface area (Å²) in [6.45, 7) is 8.93. The minimum absolute atomic E-state index is 0.0861. The molecule has 1 amide bonds. The quantitative estimate of drug-likeness (QED) is 0.892. The van der Waals surface area contributed by atoms with Gasteiger partial charge in [-0.05, 0) is 40.2 Å². The first-order valence-electron chi connectivity index (χ1n) is 7.84. The number of ether oxygens (including phenoxy) is 1. The molecular formula is C16H26N4O2. The van der Waals surface area contributed by atoms with Crippen molar-refractivity contribution >= 4 is 5.91 Å². The van der Waals surface area contributed by atoms with Crippen molar-refractivity contribution in [1.29, 1.82) is 0 Å². The molecule has 6 nitrogen and oxygen atoms in total. The van der Waals surface area contributed by atoms with E-state index in [2.05, 4.69) is 20.2 Å². The summed E-state index contributed by atoms with van der Waals surface area (Å²) in [7, 11) is 0. The normalized spacial score (nSPS) is 19.7. The zero-order valence-electron chi connectivity index (χ0n) is 13.7. The van der Waals surface area contributed by atoms with E-state index in [0.717, 1.165) is 25.9 Å². The Morgan fingerprint density at radius 2 is 2.27 bits per heavy atom. The Hall–Kier alpha value is -1.69. The highest BCUT2D eigenvalue weighted by Gasteiger charge is 2.23. The lowest BCUT2D eigenvalue weighted by molar-refractivity contribution is -0.124. The lowest BCUT2D eigenvalue weighted by Gasteiger charge is -2.32. The third-order valence-corrected chi connectivity index (χ3v) is 3.49. The van der Waals surface area contributed by atoms with Crippen molar-refractivity contribution < 1.29 is 9.53 Å². The molecule has 1 N–H and O–H groups in total. The molecule has 1 fully saturated rings. The van der Waals surface area contributed by atoms with E-state index >= 15 is 0 Å². The van der Waals surface area contributed by atoms with Gasteiger partial charge in [0.25, 0.3) is 0 Å². The molecule has 122 valence electrons. The van der Waals surface area contributed by atoms with Gasteiger partial charge in [-0.2, -0.15) is 0 Å². The van der Waals surface area contributed by atoms with Crippen LogP contribution in [0, 0.1) is 5.92 Å². The van der Waals surface area contributed by atoms with Gasteiger partial charge in [0, 0.05) is 30.4 Å². The summed E-state index contributed by atoms with van der Waals surface area (Å²) in [5.41, 5.74) is -0.179. The highest BCUT2D eigenvalue weighted by atomic mass is 16.5. The molecule has 0 radical (unpaired) electrons. The van der Waals surface area contributed by atoms with Crippen molar-refractivity contribution in [2.45, 2.75) is 39.2 Å². The number of likely N-dealkylation sites (tertiary alicyclic amines) is 1. The minimum atomic E-state index is -0.179. The number of hydrogen-bond acceptors (Lipinski definition) is 5. The first-order valence-corrected chi connectivity index (χ1v) is 7.84. The van der Waals surface area contributed by atoms with Crippen molar-refractivity contribution in [1.82, 2.24) is 20.2 Å². The average Bonchev–Trinajstić information content (AvgIpc) is 2.44. The molecule has 1 unspecified atom stereocenters. The Kier molecular flexibility index (Phi) is 5.71. The summed E-state index contributed by atoms with van der Waals surface area (Å²) in [6.07, 6.45) is 7.09. The third kappa shape index (κ3) is 5.97. The van der Waals surface area contributed by atoms with Crippen molar-refractivity contribution in [2.24, 2.45) is 5.92 Å². The van der Waals surface area contributed by atoms with E-state index in [1.54, 1.807) is 18.6 Å². The van der Waals surface area contributed by atoms with Crippen LogP contribution in [0.3, 0.4) is 0 Å². The fraction of sp³-hybridized carbons (Fsp3) is 0.688. The number of piperidine rings is 1. The summed E-state index contributed by atoms with van der Waals surface area (Å²) in [4.78, 5) is 22.3. The van der Waals surface area contributed by atoms with Gasteiger partial charge in [0.1, 0.15) is 0 Å². The number of aromatic nitrogens is 2. The highest BCUT2D eigenvalue weighted by Crippen LogP contribution is 2.17. The second kappa shape index (κ2) is 7.54. The largest absolute Gasteiger partial charge is 0.476 e. The van der Waals surface area contributed by atoms with Crippen LogP contribution in [0.2, 0.25) is 0 Å². The minimum Gasteiger partial charge on any atom is -0.476 e. The molecule has 0 aliphatic carbocycles. The van der Waals surface area contributed by atoms with Crippen molar-refractivity contribution in [3.63, 3.8) is 0 Å². The molecule has 2 rings (SSSR count). The van der Waals surface area contributed by atoms with Gasteiger partial charge in [0.2, 0.25) is 11.8 Å². The van der Waals surface area contributed by atoms with Crippen LogP contribution < -0.4 is 10.1 Å². The topological polar surface area (TPSA) is 67.4 Å². The molecule has 1 aromatic heterocycles. The van der Waals surface area contributed by atoms with E-state index in [9.17, 15) is 4.79 Å². The Morgan fingerprint density at radius 1 is 1.45 bits per heavy atom. The van der Waals surface area contributed by atoms with E-state index in [1.165, 1.54) is 0 Å². The number of carbonyl (C=O) groups is 1. The Labute approximate surface area is 132 Å². The molecule has 0 spiro atoms. The van der Waals surface area contributed by atoms with E-state index in [-0.39, 0.29) is 11.4 Å². The Balaban J connectivity index is 1.75. The second-order valence-corrected chi connectivity index (χ2v) is 6.90. The number of amides is 1. The number of hydrogen-bond donors (Lipinski definition) is 1. The van der Waals surface area contributed by atoms with Gasteiger partial charge in [-0.1, -0.05) is 0 Å². The molecule has 0 bridgehead atoms. The van der Waals surface area contributed by atoms with Gasteiger partial charge in [-0.3, -0.25) is 14.7 Å². The van der Waals surface area contributed by atoms with Crippen molar-refractivity contribution in [3.8, 4) is 5.88 Å². The molecule has 6 heteroatoms. The molecule has 1 aliphatic rings. The Bertz CT molecular complexity index is 473. The lowest BCUT2D eigenvalue weighted by Crippen LogP contribution is -2.48. The molecule has 1 aliphatic heterocycles. The summed E-state index contributed by atoms with van der Waals surface area (Å²) < 4.78 is 5.68.